The van der Waals surface area contributed by atoms with E-state index in [0.29, 0.717) is 6.54 Å². The smallest absolute Gasteiger partial charge is 0.308 e. The van der Waals surface area contributed by atoms with Gasteiger partial charge in [0.05, 0.1) is 6.54 Å². The van der Waals surface area contributed by atoms with Crippen LogP contribution in [0.3, 0.4) is 0 Å². The van der Waals surface area contributed by atoms with Crippen molar-refractivity contribution in [3.05, 3.63) is 93.3 Å². The summed E-state index contributed by atoms with van der Waals surface area (Å²) in [5.41, 5.74) is 1.43. The summed E-state index contributed by atoms with van der Waals surface area (Å²) in [5, 5.41) is 2.82. The first-order valence-electron chi connectivity index (χ1n) is 8.01. The predicted octanol–water partition coefficient (Wildman–Crippen LogP) is 2.25. The zero-order chi connectivity index (χ0) is 18.5. The molecule has 2 aromatic carbocycles. The van der Waals surface area contributed by atoms with E-state index in [1.807, 2.05) is 42.5 Å². The number of aromatic nitrogens is 2. The molecule has 0 saturated heterocycles. The number of nitrogens with zero attached hydrogens (tertiary/aromatic N) is 2. The highest BCUT2D eigenvalue weighted by Gasteiger charge is 2.11. The monoisotopic (exact) mass is 350 g/mol. The molecule has 132 valence electrons. The van der Waals surface area contributed by atoms with Crippen molar-refractivity contribution in [3.63, 3.8) is 0 Å². The van der Waals surface area contributed by atoms with Crippen LogP contribution in [0.4, 0.5) is 16.2 Å². The highest BCUT2D eigenvalue weighted by molar-refractivity contribution is 6.01. The van der Waals surface area contributed by atoms with Crippen molar-refractivity contribution in [2.24, 2.45) is 0 Å². The minimum absolute atomic E-state index is 0.249. The Morgan fingerprint density at radius 1 is 1.04 bits per heavy atom. The Hall–Kier alpha value is -3.61. The van der Waals surface area contributed by atoms with Gasteiger partial charge in [0.15, 0.2) is 0 Å². The number of H-pyrrole nitrogens is 1. The van der Waals surface area contributed by atoms with E-state index in [0.717, 1.165) is 16.9 Å². The number of urea groups is 1. The Balaban J connectivity index is 1.69. The summed E-state index contributed by atoms with van der Waals surface area (Å²) in [6.07, 6.45) is 1.45. The maximum atomic E-state index is 12.3. The number of aromatic amines is 1. The van der Waals surface area contributed by atoms with Gasteiger partial charge >= 0.3 is 11.7 Å². The fraction of sp³-hybridized carbons (Fsp3) is 0.105. The Labute approximate surface area is 149 Å². The molecule has 0 aliphatic carbocycles. The van der Waals surface area contributed by atoms with Crippen molar-refractivity contribution in [2.75, 3.05) is 17.3 Å². The van der Waals surface area contributed by atoms with E-state index in [4.69, 9.17) is 0 Å². The summed E-state index contributed by atoms with van der Waals surface area (Å²) >= 11 is 0. The standard InChI is InChI=1S/C19H18N4O3/c1-22(18(25)20-15-5-3-2-4-6-15)16-9-7-14(8-10-16)13-23-12-11-17(24)21-19(23)26/h2-12H,13H2,1H3,(H,20,25)(H,21,24,26). The van der Waals surface area contributed by atoms with E-state index in [1.54, 1.807) is 19.2 Å². The molecule has 3 aromatic rings. The lowest BCUT2D eigenvalue weighted by atomic mass is 10.2. The number of nitrogens with one attached hydrogen (secondary N) is 2. The first-order valence-corrected chi connectivity index (χ1v) is 8.01. The van der Waals surface area contributed by atoms with Crippen LogP contribution in [0, 0.1) is 0 Å². The summed E-state index contributed by atoms with van der Waals surface area (Å²) in [5.74, 6) is 0. The van der Waals surface area contributed by atoms with E-state index in [2.05, 4.69) is 10.3 Å². The van der Waals surface area contributed by atoms with Gasteiger partial charge in [-0.25, -0.2) is 9.59 Å². The SMILES string of the molecule is CN(C(=O)Nc1ccccc1)c1ccc(Cn2ccc(=O)[nH]c2=O)cc1. The third-order valence-corrected chi connectivity index (χ3v) is 3.90. The summed E-state index contributed by atoms with van der Waals surface area (Å²) in [7, 11) is 1.68. The highest BCUT2D eigenvalue weighted by atomic mass is 16.2. The lowest BCUT2D eigenvalue weighted by molar-refractivity contribution is 0.258. The first kappa shape index (κ1) is 17.2. The zero-order valence-electron chi connectivity index (χ0n) is 14.2. The van der Waals surface area contributed by atoms with Crippen molar-refractivity contribution in [1.29, 1.82) is 0 Å². The molecule has 0 fully saturated rings. The molecule has 0 unspecified atom stereocenters. The minimum Gasteiger partial charge on any atom is -0.308 e. The number of para-hydroxylation sites is 1. The maximum Gasteiger partial charge on any atom is 0.328 e. The van der Waals surface area contributed by atoms with Gasteiger partial charge in [-0.05, 0) is 29.8 Å². The number of rotatable bonds is 4. The first-order chi connectivity index (χ1) is 12.5. The van der Waals surface area contributed by atoms with Gasteiger partial charge < -0.3 is 5.32 Å². The van der Waals surface area contributed by atoms with E-state index in [1.165, 1.54) is 21.7 Å². The van der Waals surface area contributed by atoms with Crippen molar-refractivity contribution in [2.45, 2.75) is 6.54 Å². The van der Waals surface area contributed by atoms with Crippen molar-refractivity contribution >= 4 is 17.4 Å². The topological polar surface area (TPSA) is 87.2 Å². The van der Waals surface area contributed by atoms with Crippen LogP contribution < -0.4 is 21.5 Å². The molecule has 0 radical (unpaired) electrons. The van der Waals surface area contributed by atoms with Crippen LogP contribution in [0.5, 0.6) is 0 Å². The molecule has 0 aliphatic rings. The second kappa shape index (κ2) is 7.52. The van der Waals surface area contributed by atoms with Crippen LogP contribution >= 0.6 is 0 Å². The molecule has 0 aliphatic heterocycles. The average molecular weight is 350 g/mol. The Morgan fingerprint density at radius 3 is 2.38 bits per heavy atom. The molecule has 26 heavy (non-hydrogen) atoms. The van der Waals surface area contributed by atoms with Crippen molar-refractivity contribution < 1.29 is 4.79 Å². The molecule has 7 nitrogen and oxygen atoms in total. The number of carbonyl (C=O) groups excluding carboxylic acids is 1. The molecule has 2 N–H and O–H groups in total. The maximum absolute atomic E-state index is 12.3. The average Bonchev–Trinajstić information content (AvgIpc) is 2.65. The largest absolute Gasteiger partial charge is 0.328 e. The minimum atomic E-state index is -0.457. The number of hydrogen-bond donors (Lipinski definition) is 2. The van der Waals surface area contributed by atoms with Gasteiger partial charge in [-0.2, -0.15) is 0 Å². The van der Waals surface area contributed by atoms with Crippen molar-refractivity contribution in [1.82, 2.24) is 9.55 Å². The third-order valence-electron chi connectivity index (χ3n) is 3.90. The van der Waals surface area contributed by atoms with Crippen LogP contribution in [0.15, 0.2) is 76.4 Å². The number of carbonyl (C=O) groups is 1. The molecule has 0 saturated carbocycles. The lowest BCUT2D eigenvalue weighted by Gasteiger charge is -2.18. The Morgan fingerprint density at radius 2 is 1.73 bits per heavy atom. The second-order valence-electron chi connectivity index (χ2n) is 5.76. The molecule has 0 spiro atoms. The zero-order valence-corrected chi connectivity index (χ0v) is 14.2. The van der Waals surface area contributed by atoms with Crippen LogP contribution in [0.1, 0.15) is 5.56 Å². The Bertz CT molecular complexity index is 1010. The molecular formula is C19H18N4O3. The van der Waals surface area contributed by atoms with Crippen molar-refractivity contribution in [3.8, 4) is 0 Å². The molecular weight excluding hydrogens is 332 g/mol. The number of benzene rings is 2. The molecule has 1 heterocycles. The van der Waals surface area contributed by atoms with Crippen LogP contribution in [0.2, 0.25) is 0 Å². The summed E-state index contributed by atoms with van der Waals surface area (Å²) in [6.45, 7) is 0.329. The van der Waals surface area contributed by atoms with Crippen LogP contribution in [0.25, 0.3) is 0 Å². The van der Waals surface area contributed by atoms with Gasteiger partial charge in [-0.3, -0.25) is 19.2 Å². The van der Waals surface area contributed by atoms with Crippen LogP contribution in [-0.4, -0.2) is 22.6 Å². The summed E-state index contributed by atoms with van der Waals surface area (Å²) < 4.78 is 1.40. The molecule has 0 bridgehead atoms. The predicted molar refractivity (Wildman–Crippen MR) is 101 cm³/mol. The fourth-order valence-corrected chi connectivity index (χ4v) is 2.44. The van der Waals surface area contributed by atoms with E-state index in [-0.39, 0.29) is 6.03 Å². The van der Waals surface area contributed by atoms with Gasteiger partial charge in [-0.15, -0.1) is 0 Å². The van der Waals surface area contributed by atoms with Gasteiger partial charge in [0.25, 0.3) is 5.56 Å². The third kappa shape index (κ3) is 4.07. The van der Waals surface area contributed by atoms with Gasteiger partial charge in [0, 0.05) is 30.7 Å². The van der Waals surface area contributed by atoms with E-state index >= 15 is 0 Å². The quantitative estimate of drug-likeness (QED) is 0.756. The number of amides is 2. The molecule has 3 rings (SSSR count). The summed E-state index contributed by atoms with van der Waals surface area (Å²) in [6, 6.07) is 17.5. The highest BCUT2D eigenvalue weighted by Crippen LogP contribution is 2.16. The van der Waals surface area contributed by atoms with Crippen LogP contribution in [-0.2, 0) is 6.54 Å². The van der Waals surface area contributed by atoms with E-state index < -0.39 is 11.2 Å². The van der Waals surface area contributed by atoms with Gasteiger partial charge in [-0.1, -0.05) is 30.3 Å². The second-order valence-corrected chi connectivity index (χ2v) is 5.76. The van der Waals surface area contributed by atoms with Gasteiger partial charge in [0.2, 0.25) is 0 Å². The Kier molecular flexibility index (Phi) is 4.98. The molecule has 7 heteroatoms. The molecule has 0 atom stereocenters. The normalized spacial score (nSPS) is 10.3. The molecule has 1 aromatic heterocycles. The van der Waals surface area contributed by atoms with Gasteiger partial charge in [0.1, 0.15) is 0 Å². The van der Waals surface area contributed by atoms with E-state index in [9.17, 15) is 14.4 Å². The number of hydrogen-bond acceptors (Lipinski definition) is 3. The molecule has 2 amide bonds. The lowest BCUT2D eigenvalue weighted by Crippen LogP contribution is -2.31. The summed E-state index contributed by atoms with van der Waals surface area (Å²) in [4.78, 5) is 38.8. The number of anilines is 2. The fourth-order valence-electron chi connectivity index (χ4n) is 2.44.